The molecule has 23 heavy (non-hydrogen) atoms. The van der Waals surface area contributed by atoms with Gasteiger partial charge in [0.1, 0.15) is 0 Å². The van der Waals surface area contributed by atoms with Crippen molar-refractivity contribution in [3.63, 3.8) is 0 Å². The third-order valence-corrected chi connectivity index (χ3v) is 4.30. The van der Waals surface area contributed by atoms with Crippen molar-refractivity contribution in [1.29, 1.82) is 0 Å². The molecule has 0 aromatic heterocycles. The molecule has 0 N–H and O–H groups in total. The zero-order valence-electron chi connectivity index (χ0n) is 15.1. The lowest BCUT2D eigenvalue weighted by molar-refractivity contribution is 0.718. The fourth-order valence-corrected chi connectivity index (χ4v) is 3.10. The van der Waals surface area contributed by atoms with Gasteiger partial charge in [0.25, 0.3) is 0 Å². The Morgan fingerprint density at radius 3 is 2.30 bits per heavy atom. The van der Waals surface area contributed by atoms with Crippen LogP contribution in [0.5, 0.6) is 0 Å². The fraction of sp³-hybridized carbons (Fsp3) is 0.304. The van der Waals surface area contributed by atoms with Gasteiger partial charge in [-0.2, -0.15) is 0 Å². The molecule has 1 atom stereocenters. The predicted molar refractivity (Wildman–Crippen MR) is 105 cm³/mol. The molecule has 1 aliphatic rings. The van der Waals surface area contributed by atoms with E-state index < -0.39 is 0 Å². The molecule has 0 nitrogen and oxygen atoms in total. The summed E-state index contributed by atoms with van der Waals surface area (Å²) in [6.07, 6.45) is 5.70. The number of benzene rings is 2. The summed E-state index contributed by atoms with van der Waals surface area (Å²) in [5.74, 6) is 0.599. The first-order chi connectivity index (χ1) is 11.1. The average molecular weight is 304 g/mol. The standard InChI is InChI=1S/C21H22.C2H6/c1-14(2)18-11-12-19(17-8-5-15(3)6-9-17)21-13-16(4)7-10-20(18)21;1-2/h5-12,16H,1,13H2,2-4H3;1-2H3. The number of hydrogen-bond acceptors (Lipinski definition) is 0. The van der Waals surface area contributed by atoms with Crippen molar-refractivity contribution in [2.45, 2.75) is 41.0 Å². The van der Waals surface area contributed by atoms with Gasteiger partial charge in [-0.1, -0.05) is 87.0 Å². The molecule has 0 radical (unpaired) electrons. The predicted octanol–water partition coefficient (Wildman–Crippen LogP) is 6.93. The van der Waals surface area contributed by atoms with Crippen molar-refractivity contribution in [2.24, 2.45) is 5.92 Å². The van der Waals surface area contributed by atoms with Gasteiger partial charge in [0.15, 0.2) is 0 Å². The van der Waals surface area contributed by atoms with Crippen LogP contribution in [0.2, 0.25) is 0 Å². The molecule has 0 saturated carbocycles. The molecule has 1 unspecified atom stereocenters. The van der Waals surface area contributed by atoms with E-state index >= 15 is 0 Å². The summed E-state index contributed by atoms with van der Waals surface area (Å²) in [4.78, 5) is 0. The minimum Gasteiger partial charge on any atom is -0.0955 e. The summed E-state index contributed by atoms with van der Waals surface area (Å²) in [6, 6.07) is 13.3. The van der Waals surface area contributed by atoms with Crippen molar-refractivity contribution in [3.8, 4) is 11.1 Å². The van der Waals surface area contributed by atoms with Crippen LogP contribution in [0, 0.1) is 12.8 Å². The first-order valence-corrected chi connectivity index (χ1v) is 8.63. The molecular formula is C23H28. The molecule has 0 bridgehead atoms. The molecule has 0 saturated heterocycles. The minimum atomic E-state index is 0.599. The Morgan fingerprint density at radius 1 is 1.04 bits per heavy atom. The molecule has 0 aliphatic heterocycles. The summed E-state index contributed by atoms with van der Waals surface area (Å²) in [6.45, 7) is 14.6. The van der Waals surface area contributed by atoms with Gasteiger partial charge in [-0.25, -0.2) is 0 Å². The Hall–Kier alpha value is -2.08. The number of allylic oxidation sites excluding steroid dienone is 2. The third kappa shape index (κ3) is 3.64. The van der Waals surface area contributed by atoms with Crippen molar-refractivity contribution in [3.05, 3.63) is 71.3 Å². The maximum Gasteiger partial charge on any atom is -0.0145 e. The highest BCUT2D eigenvalue weighted by Crippen LogP contribution is 2.36. The molecule has 3 rings (SSSR count). The zero-order valence-corrected chi connectivity index (χ0v) is 15.1. The van der Waals surface area contributed by atoms with Crippen LogP contribution in [0.25, 0.3) is 22.8 Å². The lowest BCUT2D eigenvalue weighted by atomic mass is 9.82. The molecule has 0 heterocycles. The Morgan fingerprint density at radius 2 is 1.70 bits per heavy atom. The van der Waals surface area contributed by atoms with Gasteiger partial charge in [-0.3, -0.25) is 0 Å². The molecule has 2 aromatic rings. The summed E-state index contributed by atoms with van der Waals surface area (Å²) in [5, 5.41) is 0. The normalized spacial score (nSPS) is 15.4. The Balaban J connectivity index is 0.000000924. The molecule has 0 fully saturated rings. The quantitative estimate of drug-likeness (QED) is 0.564. The van der Waals surface area contributed by atoms with Gasteiger partial charge < -0.3 is 0 Å². The van der Waals surface area contributed by atoms with Crippen molar-refractivity contribution in [1.82, 2.24) is 0 Å². The van der Waals surface area contributed by atoms with E-state index in [1.54, 1.807) is 0 Å². The second-order valence-electron chi connectivity index (χ2n) is 6.24. The van der Waals surface area contributed by atoms with Crippen LogP contribution >= 0.6 is 0 Å². The largest absolute Gasteiger partial charge is 0.0955 e. The van der Waals surface area contributed by atoms with Gasteiger partial charge in [-0.15, -0.1) is 0 Å². The first-order valence-electron chi connectivity index (χ1n) is 8.63. The van der Waals surface area contributed by atoms with E-state index in [1.807, 2.05) is 13.8 Å². The van der Waals surface area contributed by atoms with E-state index in [9.17, 15) is 0 Å². The summed E-state index contributed by atoms with van der Waals surface area (Å²) < 4.78 is 0. The van der Waals surface area contributed by atoms with Crippen LogP contribution in [-0.4, -0.2) is 0 Å². The van der Waals surface area contributed by atoms with Crippen LogP contribution in [0.4, 0.5) is 0 Å². The van der Waals surface area contributed by atoms with E-state index in [-0.39, 0.29) is 0 Å². The van der Waals surface area contributed by atoms with E-state index in [0.29, 0.717) is 5.92 Å². The topological polar surface area (TPSA) is 0 Å². The Kier molecular flexibility index (Phi) is 5.60. The third-order valence-electron chi connectivity index (χ3n) is 4.30. The van der Waals surface area contributed by atoms with Gasteiger partial charge in [0, 0.05) is 0 Å². The van der Waals surface area contributed by atoms with E-state index in [4.69, 9.17) is 0 Å². The van der Waals surface area contributed by atoms with Crippen LogP contribution in [0.1, 0.15) is 49.9 Å². The monoisotopic (exact) mass is 304 g/mol. The second-order valence-corrected chi connectivity index (χ2v) is 6.24. The molecule has 0 amide bonds. The highest BCUT2D eigenvalue weighted by molar-refractivity contribution is 5.82. The molecule has 2 aromatic carbocycles. The number of aryl methyl sites for hydroxylation is 1. The fourth-order valence-electron chi connectivity index (χ4n) is 3.10. The minimum absolute atomic E-state index is 0.599. The first kappa shape index (κ1) is 17.3. The van der Waals surface area contributed by atoms with E-state index in [1.165, 1.54) is 33.4 Å². The Labute approximate surface area is 141 Å². The lowest BCUT2D eigenvalue weighted by Gasteiger charge is -2.23. The SMILES string of the molecule is C=C(C)c1ccc(-c2ccc(C)cc2)c2c1C=CC(C)C2.CC. The van der Waals surface area contributed by atoms with Crippen LogP contribution in [0.3, 0.4) is 0 Å². The summed E-state index contributed by atoms with van der Waals surface area (Å²) >= 11 is 0. The van der Waals surface area contributed by atoms with Crippen molar-refractivity contribution >= 4 is 11.6 Å². The van der Waals surface area contributed by atoms with Gasteiger partial charge >= 0.3 is 0 Å². The number of fused-ring (bicyclic) bond motifs is 1. The number of hydrogen-bond donors (Lipinski definition) is 0. The zero-order chi connectivity index (χ0) is 17.0. The van der Waals surface area contributed by atoms with Crippen LogP contribution < -0.4 is 0 Å². The van der Waals surface area contributed by atoms with Crippen LogP contribution in [0.15, 0.2) is 49.1 Å². The maximum atomic E-state index is 4.13. The Bertz CT molecular complexity index is 714. The highest BCUT2D eigenvalue weighted by Gasteiger charge is 2.18. The number of rotatable bonds is 2. The summed E-state index contributed by atoms with van der Waals surface area (Å²) in [7, 11) is 0. The average Bonchev–Trinajstić information content (AvgIpc) is 2.56. The van der Waals surface area contributed by atoms with Gasteiger partial charge in [0.05, 0.1) is 0 Å². The van der Waals surface area contributed by atoms with Gasteiger partial charge in [0.2, 0.25) is 0 Å². The summed E-state index contributed by atoms with van der Waals surface area (Å²) in [5.41, 5.74) is 9.23. The molecule has 1 aliphatic carbocycles. The van der Waals surface area contributed by atoms with E-state index in [2.05, 4.69) is 75.9 Å². The van der Waals surface area contributed by atoms with Gasteiger partial charge in [-0.05, 0) is 54.0 Å². The van der Waals surface area contributed by atoms with Crippen molar-refractivity contribution in [2.75, 3.05) is 0 Å². The second kappa shape index (κ2) is 7.46. The van der Waals surface area contributed by atoms with E-state index in [0.717, 1.165) is 12.0 Å². The van der Waals surface area contributed by atoms with Crippen molar-refractivity contribution < 1.29 is 0 Å². The molecular weight excluding hydrogens is 276 g/mol. The van der Waals surface area contributed by atoms with Crippen LogP contribution in [-0.2, 0) is 6.42 Å². The molecule has 0 spiro atoms. The molecule has 0 heteroatoms. The smallest absolute Gasteiger partial charge is 0.0145 e. The highest BCUT2D eigenvalue weighted by atomic mass is 14.2. The lowest BCUT2D eigenvalue weighted by Crippen LogP contribution is -2.07. The maximum absolute atomic E-state index is 4.13. The molecule has 120 valence electrons.